The number of aromatic nitrogens is 2. The largest absolute Gasteiger partial charge is 0.424 e. The van der Waals surface area contributed by atoms with Crippen molar-refractivity contribution in [3.05, 3.63) is 66.0 Å². The van der Waals surface area contributed by atoms with E-state index in [1.807, 2.05) is 30.3 Å². The Morgan fingerprint density at radius 2 is 1.89 bits per heavy atom. The predicted octanol–water partition coefficient (Wildman–Crippen LogP) is 4.29. The van der Waals surface area contributed by atoms with Crippen LogP contribution in [0, 0.1) is 5.92 Å². The molecule has 36 heavy (non-hydrogen) atoms. The molecule has 0 bridgehead atoms. The maximum atomic E-state index is 13.9. The topological polar surface area (TPSA) is 78.1 Å². The Morgan fingerprint density at radius 3 is 2.64 bits per heavy atom. The van der Waals surface area contributed by atoms with Crippen molar-refractivity contribution in [1.82, 2.24) is 20.2 Å². The number of rotatable bonds is 6. The molecule has 0 spiro atoms. The number of amides is 3. The van der Waals surface area contributed by atoms with Crippen LogP contribution in [0.15, 0.2) is 54.6 Å². The summed E-state index contributed by atoms with van der Waals surface area (Å²) in [6.07, 6.45) is 4.43. The molecule has 4 atom stereocenters. The summed E-state index contributed by atoms with van der Waals surface area (Å²) in [5.74, 6) is 1.12. The molecule has 3 aromatic rings. The quantitative estimate of drug-likeness (QED) is 0.508. The summed E-state index contributed by atoms with van der Waals surface area (Å²) in [5.41, 5.74) is 3.17. The number of urea groups is 1. The third kappa shape index (κ3) is 4.95. The molecule has 7 heteroatoms. The summed E-state index contributed by atoms with van der Waals surface area (Å²) in [6, 6.07) is 18.3. The van der Waals surface area contributed by atoms with E-state index in [0.717, 1.165) is 55.6 Å². The van der Waals surface area contributed by atoms with Crippen LogP contribution in [0.1, 0.15) is 44.0 Å². The zero-order valence-corrected chi connectivity index (χ0v) is 21.5. The monoisotopic (exact) mass is 488 g/mol. The lowest BCUT2D eigenvalue weighted by molar-refractivity contribution is -0.785. The van der Waals surface area contributed by atoms with E-state index in [1.54, 1.807) is 0 Å². The van der Waals surface area contributed by atoms with Crippen molar-refractivity contribution in [3.63, 3.8) is 0 Å². The SMILES string of the molecule is C[C@@H]1CCC[N+]1(C(=O)CCc1nc2ccccc2[nH]1)C(=O)N[C@@H]1CCN(C)C[C@@H]1Cc1ccccc1. The van der Waals surface area contributed by atoms with E-state index in [1.165, 1.54) is 5.56 Å². The van der Waals surface area contributed by atoms with Crippen LogP contribution in [0.25, 0.3) is 11.0 Å². The van der Waals surface area contributed by atoms with Gasteiger partial charge in [-0.15, -0.1) is 0 Å². The molecular weight excluding hydrogens is 450 g/mol. The molecule has 2 fully saturated rings. The minimum Gasteiger partial charge on any atom is -0.342 e. The first-order valence-corrected chi connectivity index (χ1v) is 13.3. The number of carbonyl (C=O) groups is 2. The van der Waals surface area contributed by atoms with E-state index in [0.29, 0.717) is 25.3 Å². The number of aryl methyl sites for hydroxylation is 1. The number of likely N-dealkylation sites (tertiary alicyclic amines) is 2. The number of nitrogens with one attached hydrogen (secondary N) is 2. The maximum Gasteiger partial charge on any atom is 0.424 e. The molecule has 1 unspecified atom stereocenters. The van der Waals surface area contributed by atoms with Crippen molar-refractivity contribution in [2.45, 2.75) is 57.5 Å². The predicted molar refractivity (Wildman–Crippen MR) is 141 cm³/mol. The Kier molecular flexibility index (Phi) is 7.21. The van der Waals surface area contributed by atoms with Crippen molar-refractivity contribution in [2.24, 2.45) is 5.92 Å². The Bertz CT molecular complexity index is 1180. The van der Waals surface area contributed by atoms with Gasteiger partial charge in [0.25, 0.3) is 0 Å². The van der Waals surface area contributed by atoms with Crippen LogP contribution in [0.3, 0.4) is 0 Å². The normalized spacial score (nSPS) is 26.8. The standard InChI is InChI=1S/C29H37N5O2/c1-21-9-8-18-34(21,28(35)15-14-27-30-25-12-6-7-13-26(25)31-27)29(36)32-24-16-17-33(2)20-23(24)19-22-10-4-3-5-11-22/h3-7,10-13,21,23-24H,8-9,14-20H2,1-2H3,(H-,30,31,32,36)/p+1/t21-,23+,24-,34?/m1/s1. The second kappa shape index (κ2) is 10.5. The maximum absolute atomic E-state index is 13.9. The highest BCUT2D eigenvalue weighted by atomic mass is 16.2. The van der Waals surface area contributed by atoms with Gasteiger partial charge in [0.05, 0.1) is 24.0 Å². The van der Waals surface area contributed by atoms with Gasteiger partial charge < -0.3 is 15.2 Å². The summed E-state index contributed by atoms with van der Waals surface area (Å²) in [6.45, 7) is 4.53. The first-order chi connectivity index (χ1) is 17.5. The Balaban J connectivity index is 1.30. The molecule has 2 N–H and O–H groups in total. The number of imidazole rings is 1. The number of benzene rings is 2. The molecule has 0 aliphatic carbocycles. The van der Waals surface area contributed by atoms with Gasteiger partial charge in [-0.2, -0.15) is 4.48 Å². The molecule has 2 aromatic carbocycles. The zero-order valence-electron chi connectivity index (χ0n) is 21.5. The molecule has 2 aliphatic heterocycles. The number of piperidine rings is 1. The molecular formula is C29H38N5O2+. The van der Waals surface area contributed by atoms with Crippen molar-refractivity contribution in [2.75, 3.05) is 26.7 Å². The number of hydrogen-bond donors (Lipinski definition) is 2. The first kappa shape index (κ1) is 24.7. The van der Waals surface area contributed by atoms with E-state index in [9.17, 15) is 9.59 Å². The van der Waals surface area contributed by atoms with Crippen LogP contribution in [0.5, 0.6) is 0 Å². The molecule has 7 nitrogen and oxygen atoms in total. The first-order valence-electron chi connectivity index (χ1n) is 13.3. The van der Waals surface area contributed by atoms with E-state index >= 15 is 0 Å². The molecule has 190 valence electrons. The van der Waals surface area contributed by atoms with Gasteiger partial charge in [-0.1, -0.05) is 42.5 Å². The van der Waals surface area contributed by atoms with Crippen LogP contribution in [-0.4, -0.2) is 70.1 Å². The fourth-order valence-electron chi connectivity index (χ4n) is 6.21. The van der Waals surface area contributed by atoms with Gasteiger partial charge >= 0.3 is 11.9 Å². The summed E-state index contributed by atoms with van der Waals surface area (Å²) < 4.78 is -0.0787. The number of quaternary nitrogens is 1. The molecule has 2 aliphatic rings. The third-order valence-electron chi connectivity index (χ3n) is 8.29. The molecule has 5 rings (SSSR count). The third-order valence-corrected chi connectivity index (χ3v) is 8.29. The minimum atomic E-state index is -0.109. The lowest BCUT2D eigenvalue weighted by Gasteiger charge is -2.40. The van der Waals surface area contributed by atoms with Crippen molar-refractivity contribution >= 4 is 23.0 Å². The average Bonchev–Trinajstić information content (AvgIpc) is 3.48. The van der Waals surface area contributed by atoms with Crippen molar-refractivity contribution in [3.8, 4) is 0 Å². The number of carbonyl (C=O) groups excluding carboxylic acids is 2. The van der Waals surface area contributed by atoms with E-state index in [4.69, 9.17) is 0 Å². The number of hydrogen-bond acceptors (Lipinski definition) is 4. The number of nitrogens with zero attached hydrogens (tertiary/aromatic N) is 3. The number of fused-ring (bicyclic) bond motifs is 1. The second-order valence-corrected chi connectivity index (χ2v) is 10.7. The molecule has 3 amide bonds. The molecule has 0 radical (unpaired) electrons. The Labute approximate surface area is 213 Å². The number of aromatic amines is 1. The van der Waals surface area contributed by atoms with E-state index < -0.39 is 0 Å². The number of H-pyrrole nitrogens is 1. The van der Waals surface area contributed by atoms with Gasteiger partial charge in [-0.3, -0.25) is 0 Å². The summed E-state index contributed by atoms with van der Waals surface area (Å²) in [7, 11) is 2.15. The van der Waals surface area contributed by atoms with E-state index in [-0.39, 0.29) is 28.5 Å². The highest BCUT2D eigenvalue weighted by Gasteiger charge is 2.52. The van der Waals surface area contributed by atoms with Crippen molar-refractivity contribution in [1.29, 1.82) is 0 Å². The van der Waals surface area contributed by atoms with Crippen LogP contribution in [0.4, 0.5) is 4.79 Å². The highest BCUT2D eigenvalue weighted by Crippen LogP contribution is 2.31. The van der Waals surface area contributed by atoms with Crippen LogP contribution >= 0.6 is 0 Å². The fraction of sp³-hybridized carbons (Fsp3) is 0.483. The summed E-state index contributed by atoms with van der Waals surface area (Å²) in [5, 5.41) is 3.39. The van der Waals surface area contributed by atoms with Gasteiger partial charge in [-0.25, -0.2) is 14.6 Å². The molecule has 3 heterocycles. The van der Waals surface area contributed by atoms with Gasteiger partial charge in [0.1, 0.15) is 11.9 Å². The Hall–Kier alpha value is -3.03. The number of imide groups is 1. The highest BCUT2D eigenvalue weighted by molar-refractivity contribution is 5.84. The second-order valence-electron chi connectivity index (χ2n) is 10.7. The van der Waals surface area contributed by atoms with Gasteiger partial charge in [-0.05, 0) is 57.0 Å². The lowest BCUT2D eigenvalue weighted by atomic mass is 9.87. The molecule has 2 saturated heterocycles. The van der Waals surface area contributed by atoms with Crippen LogP contribution in [-0.2, 0) is 17.6 Å². The van der Waals surface area contributed by atoms with Gasteiger partial charge in [0, 0.05) is 31.8 Å². The molecule has 0 saturated carbocycles. The minimum absolute atomic E-state index is 0.00509. The Morgan fingerprint density at radius 1 is 1.11 bits per heavy atom. The van der Waals surface area contributed by atoms with Gasteiger partial charge in [0.15, 0.2) is 0 Å². The lowest BCUT2D eigenvalue weighted by Crippen LogP contribution is -2.65. The van der Waals surface area contributed by atoms with Crippen LogP contribution in [0.2, 0.25) is 0 Å². The summed E-state index contributed by atoms with van der Waals surface area (Å²) >= 11 is 0. The van der Waals surface area contributed by atoms with Crippen LogP contribution < -0.4 is 5.32 Å². The summed E-state index contributed by atoms with van der Waals surface area (Å²) in [4.78, 5) is 37.9. The van der Waals surface area contributed by atoms with E-state index in [2.05, 4.69) is 58.4 Å². The smallest absolute Gasteiger partial charge is 0.342 e. The van der Waals surface area contributed by atoms with Gasteiger partial charge in [0.2, 0.25) is 0 Å². The molecule has 1 aromatic heterocycles. The number of para-hydroxylation sites is 2. The average molecular weight is 489 g/mol. The fourth-order valence-corrected chi connectivity index (χ4v) is 6.21. The van der Waals surface area contributed by atoms with Crippen molar-refractivity contribution < 1.29 is 14.1 Å². The zero-order chi connectivity index (χ0) is 25.1.